The zero-order valence-corrected chi connectivity index (χ0v) is 12.0. The third kappa shape index (κ3) is 3.07. The zero-order chi connectivity index (χ0) is 14.7. The molecule has 4 heteroatoms. The molecule has 1 N–H and O–H groups in total. The summed E-state index contributed by atoms with van der Waals surface area (Å²) in [6, 6.07) is 7.96. The number of aryl methyl sites for hydroxylation is 1. The number of hydrogen-bond acceptors (Lipinski definition) is 3. The molecule has 0 bridgehead atoms. The molecule has 0 aliphatic carbocycles. The molecular formula is C16H19NO3. The maximum atomic E-state index is 11.7. The maximum Gasteiger partial charge on any atom is 0.320 e. The number of H-pyrrole nitrogens is 1. The monoisotopic (exact) mass is 273 g/mol. The van der Waals surface area contributed by atoms with Gasteiger partial charge in [0, 0.05) is 18.1 Å². The van der Waals surface area contributed by atoms with Crippen molar-refractivity contribution in [1.29, 1.82) is 0 Å². The number of aromatic nitrogens is 1. The minimum Gasteiger partial charge on any atom is -0.393 e. The van der Waals surface area contributed by atoms with Gasteiger partial charge in [-0.15, -0.1) is 0 Å². The van der Waals surface area contributed by atoms with E-state index in [2.05, 4.69) is 22.7 Å². The second kappa shape index (κ2) is 5.90. The van der Waals surface area contributed by atoms with Gasteiger partial charge in [0.15, 0.2) is 0 Å². The number of esters is 2. The van der Waals surface area contributed by atoms with Gasteiger partial charge < -0.3 is 9.72 Å². The summed E-state index contributed by atoms with van der Waals surface area (Å²) in [6.07, 6.45) is 2.09. The van der Waals surface area contributed by atoms with Gasteiger partial charge in [0.05, 0.1) is 5.92 Å². The highest BCUT2D eigenvalue weighted by atomic mass is 16.6. The molecule has 1 aromatic heterocycles. The van der Waals surface area contributed by atoms with Crippen molar-refractivity contribution in [2.24, 2.45) is 0 Å². The van der Waals surface area contributed by atoms with Gasteiger partial charge in [0.25, 0.3) is 0 Å². The summed E-state index contributed by atoms with van der Waals surface area (Å²) in [5.74, 6) is -1.55. The Morgan fingerprint density at radius 3 is 2.70 bits per heavy atom. The molecule has 0 radical (unpaired) electrons. The summed E-state index contributed by atoms with van der Waals surface area (Å²) in [7, 11) is 0. The van der Waals surface area contributed by atoms with Crippen molar-refractivity contribution >= 4 is 22.8 Å². The fraction of sp³-hybridized carbons (Fsp3) is 0.375. The highest BCUT2D eigenvalue weighted by Gasteiger charge is 2.19. The van der Waals surface area contributed by atoms with Gasteiger partial charge in [-0.05, 0) is 36.4 Å². The third-order valence-corrected chi connectivity index (χ3v) is 3.32. The molecular weight excluding hydrogens is 254 g/mol. The number of ether oxygens (including phenoxy) is 1. The van der Waals surface area contributed by atoms with Gasteiger partial charge in [0.1, 0.15) is 0 Å². The molecule has 0 amide bonds. The highest BCUT2D eigenvalue weighted by Crippen LogP contribution is 2.23. The first-order valence-corrected chi connectivity index (χ1v) is 6.85. The number of aromatic amines is 1. The molecule has 1 atom stereocenters. The van der Waals surface area contributed by atoms with Gasteiger partial charge in [-0.2, -0.15) is 0 Å². The quantitative estimate of drug-likeness (QED) is 0.686. The first-order valence-electron chi connectivity index (χ1n) is 6.85. The maximum absolute atomic E-state index is 11.7. The van der Waals surface area contributed by atoms with Crippen LogP contribution in [0.2, 0.25) is 0 Å². The Balaban J connectivity index is 2.26. The summed E-state index contributed by atoms with van der Waals surface area (Å²) in [6.45, 7) is 5.11. The van der Waals surface area contributed by atoms with Crippen LogP contribution < -0.4 is 0 Å². The van der Waals surface area contributed by atoms with E-state index in [1.807, 2.05) is 18.2 Å². The van der Waals surface area contributed by atoms with Crippen LogP contribution in [0, 0.1) is 0 Å². The summed E-state index contributed by atoms with van der Waals surface area (Å²) >= 11 is 0. The van der Waals surface area contributed by atoms with Crippen molar-refractivity contribution in [3.63, 3.8) is 0 Å². The average molecular weight is 273 g/mol. The number of hydrogen-bond donors (Lipinski definition) is 1. The van der Waals surface area contributed by atoms with Crippen molar-refractivity contribution in [2.45, 2.75) is 39.5 Å². The van der Waals surface area contributed by atoms with Crippen molar-refractivity contribution in [1.82, 2.24) is 4.98 Å². The molecule has 4 nitrogen and oxygen atoms in total. The molecule has 2 rings (SSSR count). The lowest BCUT2D eigenvalue weighted by Gasteiger charge is -2.09. The number of rotatable bonds is 4. The fourth-order valence-corrected chi connectivity index (χ4v) is 2.24. The first kappa shape index (κ1) is 14.3. The summed E-state index contributed by atoms with van der Waals surface area (Å²) < 4.78 is 4.63. The summed E-state index contributed by atoms with van der Waals surface area (Å²) in [5, 5.41) is 1.13. The standard InChI is InChI=1S/C16H19NO3/c1-4-5-14-8-13-7-6-12(9-15(13)17-14)10(2)16(19)20-11(3)18/h6-10,17H,4-5H2,1-3H3. The zero-order valence-electron chi connectivity index (χ0n) is 12.0. The molecule has 1 aromatic carbocycles. The van der Waals surface area contributed by atoms with E-state index in [4.69, 9.17) is 0 Å². The van der Waals surface area contributed by atoms with Crippen LogP contribution in [0.5, 0.6) is 0 Å². The van der Waals surface area contributed by atoms with Gasteiger partial charge in [-0.25, -0.2) is 0 Å². The molecule has 0 saturated heterocycles. The van der Waals surface area contributed by atoms with E-state index in [-0.39, 0.29) is 0 Å². The lowest BCUT2D eigenvalue weighted by atomic mass is 10.0. The Morgan fingerprint density at radius 1 is 1.30 bits per heavy atom. The summed E-state index contributed by atoms with van der Waals surface area (Å²) in [4.78, 5) is 25.9. The predicted molar refractivity (Wildman–Crippen MR) is 77.5 cm³/mol. The lowest BCUT2D eigenvalue weighted by Crippen LogP contribution is -2.15. The van der Waals surface area contributed by atoms with E-state index in [1.165, 1.54) is 12.6 Å². The molecule has 20 heavy (non-hydrogen) atoms. The van der Waals surface area contributed by atoms with Crippen LogP contribution in [-0.2, 0) is 20.7 Å². The van der Waals surface area contributed by atoms with E-state index < -0.39 is 17.9 Å². The molecule has 0 aliphatic heterocycles. The molecule has 0 fully saturated rings. The van der Waals surface area contributed by atoms with E-state index in [0.717, 1.165) is 29.3 Å². The predicted octanol–water partition coefficient (Wildman–Crippen LogP) is 3.31. The minimum absolute atomic E-state index is 0.457. The lowest BCUT2D eigenvalue weighted by molar-refractivity contribution is -0.158. The largest absolute Gasteiger partial charge is 0.393 e. The van der Waals surface area contributed by atoms with E-state index >= 15 is 0 Å². The highest BCUT2D eigenvalue weighted by molar-refractivity contribution is 5.89. The Hall–Kier alpha value is -2.10. The third-order valence-electron chi connectivity index (χ3n) is 3.32. The molecule has 2 aromatic rings. The molecule has 106 valence electrons. The van der Waals surface area contributed by atoms with Crippen LogP contribution in [0.25, 0.3) is 10.9 Å². The normalized spacial score (nSPS) is 12.3. The number of benzene rings is 1. The van der Waals surface area contributed by atoms with Crippen LogP contribution in [0.3, 0.4) is 0 Å². The van der Waals surface area contributed by atoms with Crippen LogP contribution in [0.15, 0.2) is 24.3 Å². The van der Waals surface area contributed by atoms with Crippen LogP contribution in [0.1, 0.15) is 44.4 Å². The van der Waals surface area contributed by atoms with Crippen LogP contribution in [-0.4, -0.2) is 16.9 Å². The molecule has 0 aliphatic rings. The van der Waals surface area contributed by atoms with Crippen molar-refractivity contribution in [2.75, 3.05) is 0 Å². The molecule has 1 heterocycles. The summed E-state index contributed by atoms with van der Waals surface area (Å²) in [5.41, 5.74) is 3.04. The second-order valence-corrected chi connectivity index (χ2v) is 5.03. The average Bonchev–Trinajstić information content (AvgIpc) is 2.78. The van der Waals surface area contributed by atoms with Gasteiger partial charge >= 0.3 is 11.9 Å². The van der Waals surface area contributed by atoms with E-state index in [9.17, 15) is 9.59 Å². The van der Waals surface area contributed by atoms with Crippen molar-refractivity contribution in [3.8, 4) is 0 Å². The molecule has 0 saturated carbocycles. The smallest absolute Gasteiger partial charge is 0.320 e. The Kier molecular flexibility index (Phi) is 4.23. The number of carbonyl (C=O) groups excluding carboxylic acids is 2. The number of fused-ring (bicyclic) bond motifs is 1. The Morgan fingerprint density at radius 2 is 2.05 bits per heavy atom. The second-order valence-electron chi connectivity index (χ2n) is 5.03. The Labute approximate surface area is 118 Å². The van der Waals surface area contributed by atoms with Gasteiger partial charge in [0.2, 0.25) is 0 Å². The van der Waals surface area contributed by atoms with Crippen molar-refractivity contribution in [3.05, 3.63) is 35.5 Å². The van der Waals surface area contributed by atoms with Gasteiger partial charge in [-0.1, -0.05) is 25.5 Å². The Bertz CT molecular complexity index is 642. The van der Waals surface area contributed by atoms with Crippen LogP contribution >= 0.6 is 0 Å². The molecule has 1 unspecified atom stereocenters. The SMILES string of the molecule is CCCc1cc2ccc(C(C)C(=O)OC(C)=O)cc2[nH]1. The van der Waals surface area contributed by atoms with E-state index in [1.54, 1.807) is 6.92 Å². The molecule has 0 spiro atoms. The number of carbonyl (C=O) groups is 2. The van der Waals surface area contributed by atoms with Crippen molar-refractivity contribution < 1.29 is 14.3 Å². The first-order chi connectivity index (χ1) is 9.51. The number of nitrogens with one attached hydrogen (secondary N) is 1. The van der Waals surface area contributed by atoms with E-state index in [0.29, 0.717) is 0 Å². The topological polar surface area (TPSA) is 59.2 Å². The van der Waals surface area contributed by atoms with Gasteiger partial charge in [-0.3, -0.25) is 9.59 Å². The fourth-order valence-electron chi connectivity index (χ4n) is 2.24. The van der Waals surface area contributed by atoms with Crippen LogP contribution in [0.4, 0.5) is 0 Å². The minimum atomic E-state index is -0.576.